The van der Waals surface area contributed by atoms with Crippen molar-refractivity contribution in [1.29, 1.82) is 0 Å². The molecule has 1 amide bonds. The zero-order valence-corrected chi connectivity index (χ0v) is 9.44. The number of benzene rings is 1. The van der Waals surface area contributed by atoms with E-state index < -0.39 is 23.8 Å². The summed E-state index contributed by atoms with van der Waals surface area (Å²) in [6, 6.07) is 3.60. The molecule has 0 radical (unpaired) electrons. The minimum Gasteiger partial charge on any atom is -0.387 e. The number of hydrogen-bond donors (Lipinski definition) is 2. The maximum Gasteiger partial charge on any atom is 0.270 e. The van der Waals surface area contributed by atoms with Crippen LogP contribution < -0.4 is 10.6 Å². The summed E-state index contributed by atoms with van der Waals surface area (Å²) in [5.74, 6) is -0.789. The van der Waals surface area contributed by atoms with Crippen LogP contribution in [-0.2, 0) is 0 Å². The minimum atomic E-state index is -2.68. The first-order valence-corrected chi connectivity index (χ1v) is 4.98. The number of anilines is 1. The third-order valence-electron chi connectivity index (χ3n) is 2.14. The predicted molar refractivity (Wildman–Crippen MR) is 61.0 cm³/mol. The SMILES string of the molecule is CNc1ccc([N+](=O)[O-])cc1C(=O)NCC(F)F. The highest BCUT2D eigenvalue weighted by molar-refractivity contribution is 6.00. The number of carbonyl (C=O) groups is 1. The van der Waals surface area contributed by atoms with Gasteiger partial charge in [0.2, 0.25) is 0 Å². The van der Waals surface area contributed by atoms with E-state index in [0.29, 0.717) is 5.69 Å². The van der Waals surface area contributed by atoms with Crippen molar-refractivity contribution in [3.05, 3.63) is 33.9 Å². The second kappa shape index (κ2) is 5.89. The molecule has 0 heterocycles. The number of nitro benzene ring substituents is 1. The molecular weight excluding hydrogens is 248 g/mol. The normalized spacial score (nSPS) is 10.2. The van der Waals surface area contributed by atoms with Gasteiger partial charge in [0.15, 0.2) is 0 Å². The van der Waals surface area contributed by atoms with Crippen molar-refractivity contribution in [3.63, 3.8) is 0 Å². The Bertz CT molecular complexity index is 466. The van der Waals surface area contributed by atoms with E-state index in [9.17, 15) is 23.7 Å². The van der Waals surface area contributed by atoms with Crippen molar-refractivity contribution in [2.45, 2.75) is 6.43 Å². The first kappa shape index (κ1) is 13.8. The third kappa shape index (κ3) is 3.37. The quantitative estimate of drug-likeness (QED) is 0.621. The predicted octanol–water partition coefficient (Wildman–Crippen LogP) is 1.63. The molecule has 0 fully saturated rings. The van der Waals surface area contributed by atoms with Crippen LogP contribution in [0.2, 0.25) is 0 Å². The van der Waals surface area contributed by atoms with Gasteiger partial charge in [-0.15, -0.1) is 0 Å². The smallest absolute Gasteiger partial charge is 0.270 e. The first-order valence-electron chi connectivity index (χ1n) is 4.98. The van der Waals surface area contributed by atoms with Crippen molar-refractivity contribution in [2.75, 3.05) is 18.9 Å². The van der Waals surface area contributed by atoms with Gasteiger partial charge >= 0.3 is 0 Å². The molecule has 0 aliphatic rings. The Morgan fingerprint density at radius 1 is 1.50 bits per heavy atom. The van der Waals surface area contributed by atoms with Crippen LogP contribution in [0.5, 0.6) is 0 Å². The van der Waals surface area contributed by atoms with Gasteiger partial charge in [-0.1, -0.05) is 0 Å². The first-order chi connectivity index (χ1) is 8.45. The lowest BCUT2D eigenvalue weighted by atomic mass is 10.1. The molecule has 0 unspecified atom stereocenters. The maximum absolute atomic E-state index is 12.0. The van der Waals surface area contributed by atoms with E-state index in [0.717, 1.165) is 6.07 Å². The third-order valence-corrected chi connectivity index (χ3v) is 2.14. The van der Waals surface area contributed by atoms with E-state index in [4.69, 9.17) is 0 Å². The molecule has 0 saturated heterocycles. The van der Waals surface area contributed by atoms with Crippen LogP contribution in [0.25, 0.3) is 0 Å². The number of carbonyl (C=O) groups excluding carboxylic acids is 1. The summed E-state index contributed by atoms with van der Waals surface area (Å²) >= 11 is 0. The average Bonchev–Trinajstić information content (AvgIpc) is 2.34. The molecule has 8 heteroatoms. The number of nitrogens with one attached hydrogen (secondary N) is 2. The zero-order chi connectivity index (χ0) is 13.7. The molecule has 0 spiro atoms. The fourth-order valence-corrected chi connectivity index (χ4v) is 1.32. The number of amides is 1. The number of rotatable bonds is 5. The molecule has 1 aromatic carbocycles. The van der Waals surface area contributed by atoms with Crippen LogP contribution in [0.15, 0.2) is 18.2 Å². The number of non-ortho nitro benzene ring substituents is 1. The van der Waals surface area contributed by atoms with Crippen molar-refractivity contribution in [3.8, 4) is 0 Å². The molecule has 0 atom stereocenters. The molecule has 1 aromatic rings. The summed E-state index contributed by atoms with van der Waals surface area (Å²) in [5.41, 5.74) is -0.00378. The summed E-state index contributed by atoms with van der Waals surface area (Å²) in [6.07, 6.45) is -2.68. The molecule has 0 aliphatic carbocycles. The summed E-state index contributed by atoms with van der Waals surface area (Å²) in [6.45, 7) is -0.801. The lowest BCUT2D eigenvalue weighted by molar-refractivity contribution is -0.384. The van der Waals surface area contributed by atoms with Gasteiger partial charge in [0, 0.05) is 24.9 Å². The van der Waals surface area contributed by atoms with Gasteiger partial charge in [-0.25, -0.2) is 8.78 Å². The van der Waals surface area contributed by atoms with Crippen LogP contribution in [0.1, 0.15) is 10.4 Å². The molecular formula is C10H11F2N3O3. The van der Waals surface area contributed by atoms with Gasteiger partial charge in [-0.3, -0.25) is 14.9 Å². The lowest BCUT2D eigenvalue weighted by Gasteiger charge is -2.09. The number of nitro groups is 1. The van der Waals surface area contributed by atoms with E-state index in [2.05, 4.69) is 5.32 Å². The summed E-state index contributed by atoms with van der Waals surface area (Å²) < 4.78 is 23.9. The molecule has 2 N–H and O–H groups in total. The van der Waals surface area contributed by atoms with Gasteiger partial charge in [-0.05, 0) is 6.07 Å². The highest BCUT2D eigenvalue weighted by Gasteiger charge is 2.17. The highest BCUT2D eigenvalue weighted by Crippen LogP contribution is 2.21. The summed E-state index contributed by atoms with van der Waals surface area (Å²) in [7, 11) is 1.52. The maximum atomic E-state index is 12.0. The Labute approximate surface area is 101 Å². The highest BCUT2D eigenvalue weighted by atomic mass is 19.3. The molecule has 0 aromatic heterocycles. The second-order valence-electron chi connectivity index (χ2n) is 3.34. The van der Waals surface area contributed by atoms with Crippen LogP contribution in [0.3, 0.4) is 0 Å². The topological polar surface area (TPSA) is 84.3 Å². The number of halogens is 2. The van der Waals surface area contributed by atoms with Gasteiger partial charge < -0.3 is 10.6 Å². The van der Waals surface area contributed by atoms with Crippen molar-refractivity contribution >= 4 is 17.3 Å². The van der Waals surface area contributed by atoms with Crippen LogP contribution in [0, 0.1) is 10.1 Å². The van der Waals surface area contributed by atoms with Crippen molar-refractivity contribution < 1.29 is 18.5 Å². The Balaban J connectivity index is 3.00. The summed E-state index contributed by atoms with van der Waals surface area (Å²) in [5, 5.41) is 15.2. The number of nitrogens with zero attached hydrogens (tertiary/aromatic N) is 1. The van der Waals surface area contributed by atoms with Crippen LogP contribution in [0.4, 0.5) is 20.2 Å². The van der Waals surface area contributed by atoms with E-state index in [1.165, 1.54) is 19.2 Å². The van der Waals surface area contributed by atoms with Crippen molar-refractivity contribution in [1.82, 2.24) is 5.32 Å². The lowest BCUT2D eigenvalue weighted by Crippen LogP contribution is -2.29. The Morgan fingerprint density at radius 3 is 2.67 bits per heavy atom. The number of alkyl halides is 2. The molecule has 0 saturated carbocycles. The average molecular weight is 259 g/mol. The number of hydrogen-bond acceptors (Lipinski definition) is 4. The second-order valence-corrected chi connectivity index (χ2v) is 3.34. The van der Waals surface area contributed by atoms with Crippen LogP contribution in [-0.4, -0.2) is 30.8 Å². The minimum absolute atomic E-state index is 0.0487. The van der Waals surface area contributed by atoms with Gasteiger partial charge in [0.05, 0.1) is 17.0 Å². The molecule has 98 valence electrons. The molecule has 18 heavy (non-hydrogen) atoms. The fraction of sp³-hybridized carbons (Fsp3) is 0.300. The van der Waals surface area contributed by atoms with E-state index in [1.807, 2.05) is 5.32 Å². The Kier molecular flexibility index (Phi) is 4.52. The molecule has 1 rings (SSSR count). The monoisotopic (exact) mass is 259 g/mol. The molecule has 0 bridgehead atoms. The van der Waals surface area contributed by atoms with E-state index in [-0.39, 0.29) is 11.3 Å². The molecule has 0 aliphatic heterocycles. The van der Waals surface area contributed by atoms with Gasteiger partial charge in [-0.2, -0.15) is 0 Å². The van der Waals surface area contributed by atoms with Crippen molar-refractivity contribution in [2.24, 2.45) is 0 Å². The molecule has 6 nitrogen and oxygen atoms in total. The van der Waals surface area contributed by atoms with E-state index in [1.54, 1.807) is 0 Å². The summed E-state index contributed by atoms with van der Waals surface area (Å²) in [4.78, 5) is 21.5. The Morgan fingerprint density at radius 2 is 2.17 bits per heavy atom. The van der Waals surface area contributed by atoms with Crippen LogP contribution >= 0.6 is 0 Å². The van der Waals surface area contributed by atoms with Gasteiger partial charge in [0.25, 0.3) is 18.0 Å². The fourth-order valence-electron chi connectivity index (χ4n) is 1.32. The standard InChI is InChI=1S/C10H11F2N3O3/c1-13-8-3-2-6(15(17)18)4-7(8)10(16)14-5-9(11)12/h2-4,9,13H,5H2,1H3,(H,14,16). The largest absolute Gasteiger partial charge is 0.387 e. The zero-order valence-electron chi connectivity index (χ0n) is 9.44. The van der Waals surface area contributed by atoms with E-state index >= 15 is 0 Å². The Hall–Kier alpha value is -2.25. The van der Waals surface area contributed by atoms with Gasteiger partial charge in [0.1, 0.15) is 0 Å².